The van der Waals surface area contributed by atoms with Crippen LogP contribution < -0.4 is 14.8 Å². The minimum atomic E-state index is -0.266. The number of ether oxygens (including phenoxy) is 2. The number of nitrogens with one attached hydrogen (secondary N) is 1. The monoisotopic (exact) mass is 386 g/mol. The fraction of sp³-hybridized carbons (Fsp3) is 0.300. The van der Waals surface area contributed by atoms with E-state index in [1.807, 2.05) is 17.0 Å². The van der Waals surface area contributed by atoms with Crippen molar-refractivity contribution in [1.82, 2.24) is 4.90 Å². The van der Waals surface area contributed by atoms with E-state index in [0.29, 0.717) is 54.0 Å². The van der Waals surface area contributed by atoms with Gasteiger partial charge >= 0.3 is 0 Å². The van der Waals surface area contributed by atoms with Crippen LogP contribution in [0.2, 0.25) is 5.02 Å². The van der Waals surface area contributed by atoms with Crippen molar-refractivity contribution in [2.75, 3.05) is 25.1 Å². The van der Waals surface area contributed by atoms with Crippen LogP contribution in [0, 0.1) is 0 Å². The molecule has 2 heterocycles. The van der Waals surface area contributed by atoms with Gasteiger partial charge in [-0.2, -0.15) is 0 Å². The fourth-order valence-corrected chi connectivity index (χ4v) is 3.41. The highest BCUT2D eigenvalue weighted by Gasteiger charge is 2.20. The van der Waals surface area contributed by atoms with Gasteiger partial charge < -0.3 is 19.7 Å². The smallest absolute Gasteiger partial charge is 0.255 e. The topological polar surface area (TPSA) is 67.9 Å². The summed E-state index contributed by atoms with van der Waals surface area (Å²) in [6.07, 6.45) is 1.53. The number of hydrogen-bond acceptors (Lipinski definition) is 4. The summed E-state index contributed by atoms with van der Waals surface area (Å²) >= 11 is 6.24. The Morgan fingerprint density at radius 1 is 1.11 bits per heavy atom. The van der Waals surface area contributed by atoms with Gasteiger partial charge in [-0.15, -0.1) is 0 Å². The summed E-state index contributed by atoms with van der Waals surface area (Å²) < 4.78 is 11.0. The Morgan fingerprint density at radius 3 is 2.48 bits per heavy atom. The normalized spacial score (nSPS) is 15.7. The molecule has 0 radical (unpaired) electrons. The number of benzene rings is 2. The maximum Gasteiger partial charge on any atom is 0.255 e. The van der Waals surface area contributed by atoms with Crippen LogP contribution in [0.25, 0.3) is 0 Å². The molecule has 0 bridgehead atoms. The van der Waals surface area contributed by atoms with Crippen LogP contribution in [-0.2, 0) is 11.3 Å². The van der Waals surface area contributed by atoms with Crippen molar-refractivity contribution in [2.45, 2.75) is 19.4 Å². The number of rotatable bonds is 4. The molecule has 2 aromatic carbocycles. The van der Waals surface area contributed by atoms with Gasteiger partial charge in [0.05, 0.1) is 10.7 Å². The zero-order valence-corrected chi connectivity index (χ0v) is 15.4. The van der Waals surface area contributed by atoms with E-state index < -0.39 is 0 Å². The van der Waals surface area contributed by atoms with Crippen molar-refractivity contribution in [3.63, 3.8) is 0 Å². The number of anilines is 1. The second-order valence-corrected chi connectivity index (χ2v) is 6.95. The van der Waals surface area contributed by atoms with Gasteiger partial charge in [0.2, 0.25) is 5.91 Å². The molecule has 0 unspecified atom stereocenters. The lowest BCUT2D eigenvalue weighted by atomic mass is 10.1. The Hall–Kier alpha value is -2.73. The molecule has 0 aromatic heterocycles. The summed E-state index contributed by atoms with van der Waals surface area (Å²) in [5, 5.41) is 3.19. The van der Waals surface area contributed by atoms with Gasteiger partial charge in [0.25, 0.3) is 5.91 Å². The van der Waals surface area contributed by atoms with Crippen molar-refractivity contribution < 1.29 is 19.1 Å². The summed E-state index contributed by atoms with van der Waals surface area (Å²) in [7, 11) is 0. The highest BCUT2D eigenvalue weighted by Crippen LogP contribution is 2.38. The van der Waals surface area contributed by atoms with E-state index in [9.17, 15) is 9.59 Å². The van der Waals surface area contributed by atoms with Crippen LogP contribution in [-0.4, -0.2) is 36.5 Å². The van der Waals surface area contributed by atoms with Crippen LogP contribution in [0.3, 0.4) is 0 Å². The Kier molecular flexibility index (Phi) is 4.90. The quantitative estimate of drug-likeness (QED) is 0.873. The van der Waals surface area contributed by atoms with Crippen LogP contribution in [0.5, 0.6) is 11.5 Å². The van der Waals surface area contributed by atoms with Crippen molar-refractivity contribution in [3.05, 3.63) is 52.5 Å². The summed E-state index contributed by atoms with van der Waals surface area (Å²) in [6, 6.07) is 10.5. The molecular formula is C20H19ClN2O4. The zero-order valence-electron chi connectivity index (χ0n) is 14.7. The molecule has 4 rings (SSSR count). The average Bonchev–Trinajstić information content (AvgIpc) is 3.07. The lowest BCUT2D eigenvalue weighted by Gasteiger charge is -2.20. The zero-order chi connectivity index (χ0) is 18.8. The molecular weight excluding hydrogens is 368 g/mol. The first-order valence-corrected chi connectivity index (χ1v) is 9.25. The molecule has 2 amide bonds. The summed E-state index contributed by atoms with van der Waals surface area (Å²) in [4.78, 5) is 26.1. The Morgan fingerprint density at radius 2 is 1.81 bits per heavy atom. The van der Waals surface area contributed by atoms with Crippen LogP contribution >= 0.6 is 11.6 Å². The average molecular weight is 387 g/mol. The van der Waals surface area contributed by atoms with E-state index >= 15 is 0 Å². The maximum atomic E-state index is 12.5. The fourth-order valence-electron chi connectivity index (χ4n) is 3.21. The molecule has 1 saturated heterocycles. The number of likely N-dealkylation sites (tertiary alicyclic amines) is 1. The van der Waals surface area contributed by atoms with Gasteiger partial charge in [-0.1, -0.05) is 23.7 Å². The van der Waals surface area contributed by atoms with Gasteiger partial charge in [0.1, 0.15) is 13.2 Å². The summed E-state index contributed by atoms with van der Waals surface area (Å²) in [6.45, 7) is 2.31. The van der Waals surface area contributed by atoms with Crippen molar-refractivity contribution in [2.24, 2.45) is 0 Å². The number of carbonyl (C=O) groups excluding carboxylic acids is 2. The molecule has 6 nitrogen and oxygen atoms in total. The molecule has 7 heteroatoms. The molecule has 2 aliphatic rings. The third-order valence-electron chi connectivity index (χ3n) is 4.64. The van der Waals surface area contributed by atoms with Gasteiger partial charge in [-0.3, -0.25) is 9.59 Å². The molecule has 0 aliphatic carbocycles. The molecule has 0 saturated carbocycles. The van der Waals surface area contributed by atoms with E-state index in [4.69, 9.17) is 21.1 Å². The van der Waals surface area contributed by atoms with Crippen LogP contribution in [0.15, 0.2) is 36.4 Å². The standard InChI is InChI=1S/C20H19ClN2O4/c21-15-10-17-18(27-9-8-26-17)11-16(15)22-20(25)14-5-3-13(4-6-14)12-23-7-1-2-19(23)24/h3-6,10-11H,1-2,7-9,12H2,(H,22,25). The van der Waals surface area contributed by atoms with Gasteiger partial charge in [0, 0.05) is 37.2 Å². The third kappa shape index (κ3) is 3.85. The summed E-state index contributed by atoms with van der Waals surface area (Å²) in [5.74, 6) is 1.05. The SMILES string of the molecule is O=C(Nc1cc2c(cc1Cl)OCCO2)c1ccc(CN2CCCC2=O)cc1. The first-order chi connectivity index (χ1) is 13.1. The Bertz CT molecular complexity index is 882. The van der Waals surface area contributed by atoms with Gasteiger partial charge in [0.15, 0.2) is 11.5 Å². The van der Waals surface area contributed by atoms with Gasteiger partial charge in [-0.25, -0.2) is 0 Å². The van der Waals surface area contributed by atoms with E-state index in [1.54, 1.807) is 24.3 Å². The van der Waals surface area contributed by atoms with Crippen molar-refractivity contribution in [3.8, 4) is 11.5 Å². The predicted molar refractivity (Wildman–Crippen MR) is 101 cm³/mol. The highest BCUT2D eigenvalue weighted by atomic mass is 35.5. The molecule has 27 heavy (non-hydrogen) atoms. The number of carbonyl (C=O) groups is 2. The number of amides is 2. The van der Waals surface area contributed by atoms with E-state index in [1.165, 1.54) is 0 Å². The van der Waals surface area contributed by atoms with Crippen LogP contribution in [0.4, 0.5) is 5.69 Å². The molecule has 0 spiro atoms. The van der Waals surface area contributed by atoms with Crippen molar-refractivity contribution in [1.29, 1.82) is 0 Å². The summed E-state index contributed by atoms with van der Waals surface area (Å²) in [5.41, 5.74) is 1.98. The minimum absolute atomic E-state index is 0.185. The lowest BCUT2D eigenvalue weighted by Crippen LogP contribution is -2.23. The first kappa shape index (κ1) is 17.7. The highest BCUT2D eigenvalue weighted by molar-refractivity contribution is 6.34. The Balaban J connectivity index is 1.44. The molecule has 0 atom stereocenters. The van der Waals surface area contributed by atoms with Crippen LogP contribution in [0.1, 0.15) is 28.8 Å². The minimum Gasteiger partial charge on any atom is -0.486 e. The first-order valence-electron chi connectivity index (χ1n) is 8.87. The van der Waals surface area contributed by atoms with Crippen molar-refractivity contribution >= 4 is 29.1 Å². The molecule has 140 valence electrons. The molecule has 1 N–H and O–H groups in total. The van der Waals surface area contributed by atoms with Gasteiger partial charge in [-0.05, 0) is 24.1 Å². The molecule has 2 aromatic rings. The number of nitrogens with zero attached hydrogens (tertiary/aromatic N) is 1. The van der Waals surface area contributed by atoms with E-state index in [-0.39, 0.29) is 11.8 Å². The second-order valence-electron chi connectivity index (χ2n) is 6.55. The number of fused-ring (bicyclic) bond motifs is 1. The number of hydrogen-bond donors (Lipinski definition) is 1. The molecule has 2 aliphatic heterocycles. The largest absolute Gasteiger partial charge is 0.486 e. The van der Waals surface area contributed by atoms with E-state index in [0.717, 1.165) is 18.5 Å². The maximum absolute atomic E-state index is 12.5. The Labute approximate surface area is 162 Å². The second kappa shape index (κ2) is 7.48. The molecule has 1 fully saturated rings. The lowest BCUT2D eigenvalue weighted by molar-refractivity contribution is -0.128. The number of halogens is 1. The van der Waals surface area contributed by atoms with E-state index in [2.05, 4.69) is 5.32 Å². The predicted octanol–water partition coefficient (Wildman–Crippen LogP) is 3.49. The third-order valence-corrected chi connectivity index (χ3v) is 4.95.